The second kappa shape index (κ2) is 6.71. The minimum absolute atomic E-state index is 0.578. The van der Waals surface area contributed by atoms with Gasteiger partial charge in [0.1, 0.15) is 0 Å². The number of likely N-dealkylation sites (tertiary alicyclic amines) is 1. The fourth-order valence-corrected chi connectivity index (χ4v) is 3.48. The molecule has 3 heteroatoms. The van der Waals surface area contributed by atoms with Crippen LogP contribution in [0.2, 0.25) is 0 Å². The third-order valence-corrected chi connectivity index (χ3v) is 5.01. The summed E-state index contributed by atoms with van der Waals surface area (Å²) in [4.78, 5) is 2.29. The molecule has 0 saturated carbocycles. The maximum atomic E-state index is 5.63. The van der Waals surface area contributed by atoms with Gasteiger partial charge in [-0.05, 0) is 56.6 Å². The zero-order valence-corrected chi connectivity index (χ0v) is 14.9. The summed E-state index contributed by atoms with van der Waals surface area (Å²) in [6.45, 7) is 8.39. The van der Waals surface area contributed by atoms with E-state index in [1.165, 1.54) is 22.3 Å². The number of aryl methyl sites for hydroxylation is 3. The van der Waals surface area contributed by atoms with Crippen LogP contribution in [-0.2, 0) is 0 Å². The molecule has 1 aliphatic heterocycles. The van der Waals surface area contributed by atoms with Gasteiger partial charge in [0.05, 0.1) is 0 Å². The average Bonchev–Trinajstić information content (AvgIpc) is 3.01. The van der Waals surface area contributed by atoms with Gasteiger partial charge >= 0.3 is 0 Å². The van der Waals surface area contributed by atoms with Gasteiger partial charge in [0, 0.05) is 24.7 Å². The van der Waals surface area contributed by atoms with E-state index in [0.29, 0.717) is 5.92 Å². The van der Waals surface area contributed by atoms with E-state index in [9.17, 15) is 0 Å². The second-order valence-corrected chi connectivity index (χ2v) is 6.98. The van der Waals surface area contributed by atoms with Crippen molar-refractivity contribution < 1.29 is 0 Å². The molecule has 0 aromatic heterocycles. The molecule has 0 aliphatic carbocycles. The van der Waals surface area contributed by atoms with Gasteiger partial charge in [0.2, 0.25) is 0 Å². The number of nitrogens with zero attached hydrogens (tertiary/aromatic N) is 1. The maximum absolute atomic E-state index is 5.63. The Morgan fingerprint density at radius 3 is 2.43 bits per heavy atom. The van der Waals surface area contributed by atoms with Crippen LogP contribution in [0.4, 0.5) is 5.69 Å². The summed E-state index contributed by atoms with van der Waals surface area (Å²) >= 11 is 5.63. The Morgan fingerprint density at radius 2 is 1.74 bits per heavy atom. The van der Waals surface area contributed by atoms with Crippen LogP contribution in [0, 0.1) is 20.8 Å². The molecule has 1 N–H and O–H groups in total. The van der Waals surface area contributed by atoms with Crippen molar-refractivity contribution >= 4 is 23.0 Å². The first-order chi connectivity index (χ1) is 11.0. The molecule has 2 nitrogen and oxygen atoms in total. The molecular formula is C20H24N2S. The minimum atomic E-state index is 0.578. The molecule has 0 radical (unpaired) electrons. The smallest absolute Gasteiger partial charge is 0.173 e. The van der Waals surface area contributed by atoms with E-state index in [-0.39, 0.29) is 0 Å². The number of benzene rings is 2. The first-order valence-corrected chi connectivity index (χ1v) is 8.63. The largest absolute Gasteiger partial charge is 0.348 e. The monoisotopic (exact) mass is 324 g/mol. The Balaban J connectivity index is 1.64. The highest BCUT2D eigenvalue weighted by Crippen LogP contribution is 2.28. The van der Waals surface area contributed by atoms with E-state index in [1.54, 1.807) is 0 Å². The van der Waals surface area contributed by atoms with Gasteiger partial charge < -0.3 is 10.2 Å². The summed E-state index contributed by atoms with van der Waals surface area (Å²) in [6.07, 6.45) is 1.16. The van der Waals surface area contributed by atoms with E-state index >= 15 is 0 Å². The minimum Gasteiger partial charge on any atom is -0.348 e. The summed E-state index contributed by atoms with van der Waals surface area (Å²) in [5.74, 6) is 0.578. The third-order valence-electron chi connectivity index (χ3n) is 4.65. The van der Waals surface area contributed by atoms with Gasteiger partial charge in [-0.25, -0.2) is 0 Å². The quantitative estimate of drug-likeness (QED) is 0.799. The zero-order chi connectivity index (χ0) is 16.4. The predicted molar refractivity (Wildman–Crippen MR) is 102 cm³/mol. The van der Waals surface area contributed by atoms with Gasteiger partial charge in [-0.1, -0.05) is 47.5 Å². The highest BCUT2D eigenvalue weighted by atomic mass is 32.1. The van der Waals surface area contributed by atoms with Crippen molar-refractivity contribution in [1.29, 1.82) is 0 Å². The molecule has 1 atom stereocenters. The molecule has 23 heavy (non-hydrogen) atoms. The standard InChI is InChI=1S/C20H24N2S/c1-14-4-7-17(8-5-14)18-10-11-22(13-18)20(23)21-19-9-6-15(2)12-16(19)3/h4-9,12,18H,10-11,13H2,1-3H3,(H,21,23)/t18-/m1/s1. The van der Waals surface area contributed by atoms with E-state index in [4.69, 9.17) is 12.2 Å². The summed E-state index contributed by atoms with van der Waals surface area (Å²) in [7, 11) is 0. The van der Waals surface area contributed by atoms with Crippen molar-refractivity contribution in [2.24, 2.45) is 0 Å². The van der Waals surface area contributed by atoms with Crippen molar-refractivity contribution in [3.05, 3.63) is 64.7 Å². The van der Waals surface area contributed by atoms with Crippen molar-refractivity contribution in [3.8, 4) is 0 Å². The predicted octanol–water partition coefficient (Wildman–Crippen LogP) is 4.80. The first-order valence-electron chi connectivity index (χ1n) is 8.22. The summed E-state index contributed by atoms with van der Waals surface area (Å²) in [5.41, 5.74) is 6.36. The summed E-state index contributed by atoms with van der Waals surface area (Å²) < 4.78 is 0. The lowest BCUT2D eigenvalue weighted by Crippen LogP contribution is -2.32. The lowest BCUT2D eigenvalue weighted by atomic mass is 9.98. The van der Waals surface area contributed by atoms with Crippen LogP contribution in [0.15, 0.2) is 42.5 Å². The van der Waals surface area contributed by atoms with Crippen LogP contribution in [0.25, 0.3) is 0 Å². The topological polar surface area (TPSA) is 15.3 Å². The van der Waals surface area contributed by atoms with Crippen LogP contribution in [0.5, 0.6) is 0 Å². The van der Waals surface area contributed by atoms with Gasteiger partial charge in [-0.2, -0.15) is 0 Å². The van der Waals surface area contributed by atoms with Crippen LogP contribution in [0.1, 0.15) is 34.6 Å². The van der Waals surface area contributed by atoms with Crippen molar-refractivity contribution in [2.75, 3.05) is 18.4 Å². The number of nitrogens with one attached hydrogen (secondary N) is 1. The van der Waals surface area contributed by atoms with Gasteiger partial charge in [-0.15, -0.1) is 0 Å². The highest BCUT2D eigenvalue weighted by Gasteiger charge is 2.25. The third kappa shape index (κ3) is 3.73. The second-order valence-electron chi connectivity index (χ2n) is 6.59. The lowest BCUT2D eigenvalue weighted by molar-refractivity contribution is 0.518. The molecule has 120 valence electrons. The molecule has 1 heterocycles. The molecule has 2 aromatic carbocycles. The number of thiocarbonyl (C=S) groups is 1. The summed E-state index contributed by atoms with van der Waals surface area (Å²) in [5, 5.41) is 4.26. The molecule has 0 amide bonds. The highest BCUT2D eigenvalue weighted by molar-refractivity contribution is 7.80. The molecule has 0 bridgehead atoms. The van der Waals surface area contributed by atoms with Crippen LogP contribution in [0.3, 0.4) is 0 Å². The molecular weight excluding hydrogens is 300 g/mol. The Labute approximate surface area is 144 Å². The van der Waals surface area contributed by atoms with E-state index in [0.717, 1.165) is 30.3 Å². The molecule has 1 aliphatic rings. The van der Waals surface area contributed by atoms with Crippen molar-refractivity contribution in [2.45, 2.75) is 33.1 Å². The number of rotatable bonds is 2. The molecule has 0 unspecified atom stereocenters. The van der Waals surface area contributed by atoms with Crippen LogP contribution in [-0.4, -0.2) is 23.1 Å². The molecule has 0 spiro atoms. The normalized spacial score (nSPS) is 17.3. The Kier molecular flexibility index (Phi) is 4.67. The summed E-state index contributed by atoms with van der Waals surface area (Å²) in [6, 6.07) is 15.3. The Hall–Kier alpha value is -1.87. The SMILES string of the molecule is Cc1ccc([C@@H]2CCN(C(=S)Nc3ccc(C)cc3C)C2)cc1. The first kappa shape index (κ1) is 16.0. The van der Waals surface area contributed by atoms with Crippen LogP contribution >= 0.6 is 12.2 Å². The zero-order valence-electron chi connectivity index (χ0n) is 14.1. The maximum Gasteiger partial charge on any atom is 0.173 e. The number of anilines is 1. The fraction of sp³-hybridized carbons (Fsp3) is 0.350. The average molecular weight is 324 g/mol. The van der Waals surface area contributed by atoms with Gasteiger partial charge in [-0.3, -0.25) is 0 Å². The van der Waals surface area contributed by atoms with Crippen molar-refractivity contribution in [1.82, 2.24) is 4.90 Å². The van der Waals surface area contributed by atoms with Crippen LogP contribution < -0.4 is 5.32 Å². The van der Waals surface area contributed by atoms with Crippen molar-refractivity contribution in [3.63, 3.8) is 0 Å². The molecule has 1 saturated heterocycles. The molecule has 3 rings (SSSR count). The van der Waals surface area contributed by atoms with Gasteiger partial charge in [0.25, 0.3) is 0 Å². The lowest BCUT2D eigenvalue weighted by Gasteiger charge is -2.21. The van der Waals surface area contributed by atoms with E-state index < -0.39 is 0 Å². The van der Waals surface area contributed by atoms with Gasteiger partial charge in [0.15, 0.2) is 5.11 Å². The Morgan fingerprint density at radius 1 is 1.04 bits per heavy atom. The molecule has 2 aromatic rings. The number of hydrogen-bond acceptors (Lipinski definition) is 1. The Bertz CT molecular complexity index is 706. The molecule has 1 fully saturated rings. The van der Waals surface area contributed by atoms with E-state index in [1.807, 2.05) is 0 Å². The fourth-order valence-electron chi connectivity index (χ4n) is 3.20. The number of hydrogen-bond donors (Lipinski definition) is 1. The van der Waals surface area contributed by atoms with E-state index in [2.05, 4.69) is 73.5 Å².